The molecule has 0 aliphatic heterocycles. The fourth-order valence-electron chi connectivity index (χ4n) is 1.33. The van der Waals surface area contributed by atoms with Crippen molar-refractivity contribution in [2.45, 2.75) is 19.7 Å². The average molecular weight is 298 g/mol. The number of rotatable bonds is 5. The van der Waals surface area contributed by atoms with Crippen LogP contribution in [-0.4, -0.2) is 27.5 Å². The topological polar surface area (TPSA) is 52.6 Å². The lowest BCUT2D eigenvalue weighted by Crippen LogP contribution is -2.19. The van der Waals surface area contributed by atoms with Crippen LogP contribution in [0, 0.1) is 6.92 Å². The summed E-state index contributed by atoms with van der Waals surface area (Å²) in [6.45, 7) is 0.0100. The highest BCUT2D eigenvalue weighted by atomic mass is 32.2. The van der Waals surface area contributed by atoms with E-state index in [2.05, 4.69) is 8.92 Å². The highest BCUT2D eigenvalue weighted by Gasteiger charge is 2.28. The van der Waals surface area contributed by atoms with Gasteiger partial charge in [-0.25, -0.2) is 0 Å². The molecule has 8 heteroatoms. The van der Waals surface area contributed by atoms with Gasteiger partial charge in [0, 0.05) is 0 Å². The number of alkyl halides is 3. The average Bonchev–Trinajstić information content (AvgIpc) is 2.21. The Morgan fingerprint density at radius 1 is 1.21 bits per heavy atom. The third-order valence-corrected chi connectivity index (χ3v) is 2.50. The molecule has 1 aromatic rings. The van der Waals surface area contributed by atoms with Crippen LogP contribution in [0.1, 0.15) is 11.1 Å². The van der Waals surface area contributed by atoms with Crippen LogP contribution in [0.4, 0.5) is 13.2 Å². The second-order valence-corrected chi connectivity index (χ2v) is 5.67. The smallest absolute Gasteiger partial charge is 0.422 e. The van der Waals surface area contributed by atoms with Crippen molar-refractivity contribution < 1.29 is 30.5 Å². The first-order chi connectivity index (χ1) is 8.55. The molecule has 0 radical (unpaired) electrons. The van der Waals surface area contributed by atoms with Crippen LogP contribution in [-0.2, 0) is 20.9 Å². The summed E-state index contributed by atoms with van der Waals surface area (Å²) in [7, 11) is -3.60. The van der Waals surface area contributed by atoms with Gasteiger partial charge in [0.25, 0.3) is 10.1 Å². The predicted octanol–water partition coefficient (Wildman–Crippen LogP) is 2.41. The Bertz CT molecular complexity index is 537. The highest BCUT2D eigenvalue weighted by molar-refractivity contribution is 7.85. The van der Waals surface area contributed by atoms with Gasteiger partial charge in [0.15, 0.2) is 6.61 Å². The van der Waals surface area contributed by atoms with Crippen LogP contribution in [0.15, 0.2) is 18.2 Å². The largest absolute Gasteiger partial charge is 0.484 e. The van der Waals surface area contributed by atoms with Gasteiger partial charge in [0.05, 0.1) is 12.9 Å². The maximum Gasteiger partial charge on any atom is 0.422 e. The maximum absolute atomic E-state index is 12.0. The Morgan fingerprint density at radius 3 is 2.37 bits per heavy atom. The fraction of sp³-hybridized carbons (Fsp3) is 0.455. The van der Waals surface area contributed by atoms with E-state index < -0.39 is 22.9 Å². The van der Waals surface area contributed by atoms with Crippen LogP contribution in [0.5, 0.6) is 5.75 Å². The number of ether oxygens (including phenoxy) is 1. The minimum atomic E-state index is -4.42. The van der Waals surface area contributed by atoms with Crippen molar-refractivity contribution >= 4 is 10.1 Å². The molecular weight excluding hydrogens is 285 g/mol. The third kappa shape index (κ3) is 7.02. The van der Waals surface area contributed by atoms with Crippen molar-refractivity contribution in [1.82, 2.24) is 0 Å². The Kier molecular flexibility index (Phi) is 4.81. The summed E-state index contributed by atoms with van der Waals surface area (Å²) in [5, 5.41) is 0. The van der Waals surface area contributed by atoms with E-state index in [1.807, 2.05) is 0 Å². The molecule has 108 valence electrons. The molecule has 0 saturated heterocycles. The summed E-state index contributed by atoms with van der Waals surface area (Å²) < 4.78 is 66.9. The molecule has 0 unspecified atom stereocenters. The van der Waals surface area contributed by atoms with Gasteiger partial charge in [-0.1, -0.05) is 6.07 Å². The molecule has 0 amide bonds. The number of halogens is 3. The first-order valence-electron chi connectivity index (χ1n) is 5.20. The molecular formula is C11H13F3O4S. The summed E-state index contributed by atoms with van der Waals surface area (Å²) in [6.07, 6.45) is -3.53. The van der Waals surface area contributed by atoms with Gasteiger partial charge in [-0.3, -0.25) is 4.18 Å². The van der Waals surface area contributed by atoms with Gasteiger partial charge >= 0.3 is 6.18 Å². The Hall–Kier alpha value is -1.28. The van der Waals surface area contributed by atoms with E-state index in [-0.39, 0.29) is 12.4 Å². The van der Waals surface area contributed by atoms with E-state index in [9.17, 15) is 21.6 Å². The predicted molar refractivity (Wildman–Crippen MR) is 62.4 cm³/mol. The molecule has 19 heavy (non-hydrogen) atoms. The van der Waals surface area contributed by atoms with Crippen LogP contribution < -0.4 is 4.74 Å². The van der Waals surface area contributed by atoms with Gasteiger partial charge in [0.2, 0.25) is 0 Å². The Labute approximate surface area is 109 Å². The summed E-state index contributed by atoms with van der Waals surface area (Å²) in [5.41, 5.74) is 1.06. The van der Waals surface area contributed by atoms with Gasteiger partial charge in [0.1, 0.15) is 5.75 Å². The lowest BCUT2D eigenvalue weighted by molar-refractivity contribution is -0.153. The van der Waals surface area contributed by atoms with Crippen LogP contribution in [0.25, 0.3) is 0 Å². The second-order valence-electron chi connectivity index (χ2n) is 4.02. The first kappa shape index (κ1) is 15.8. The molecule has 0 N–H and O–H groups in total. The molecule has 1 rings (SSSR count). The Morgan fingerprint density at radius 2 is 1.84 bits per heavy atom. The fourth-order valence-corrected chi connectivity index (χ4v) is 1.68. The number of aryl methyl sites for hydroxylation is 1. The van der Waals surface area contributed by atoms with Gasteiger partial charge in [-0.15, -0.1) is 0 Å². The van der Waals surface area contributed by atoms with Crippen LogP contribution >= 0.6 is 0 Å². The van der Waals surface area contributed by atoms with Gasteiger partial charge in [-0.05, 0) is 30.2 Å². The Balaban J connectivity index is 2.77. The van der Waals surface area contributed by atoms with Crippen molar-refractivity contribution in [1.29, 1.82) is 0 Å². The van der Waals surface area contributed by atoms with E-state index in [0.717, 1.165) is 6.26 Å². The summed E-state index contributed by atoms with van der Waals surface area (Å²) in [6, 6.07) is 4.34. The zero-order valence-corrected chi connectivity index (χ0v) is 11.1. The third-order valence-electron chi connectivity index (χ3n) is 1.95. The summed E-state index contributed by atoms with van der Waals surface area (Å²) in [5.74, 6) is 0.0180. The quantitative estimate of drug-likeness (QED) is 0.783. The van der Waals surface area contributed by atoms with Crippen molar-refractivity contribution in [3.8, 4) is 5.75 Å². The SMILES string of the molecule is Cc1cc(COS(C)(=O)=O)cc(OCC(F)(F)F)c1. The van der Waals surface area contributed by atoms with Crippen molar-refractivity contribution in [3.05, 3.63) is 29.3 Å². The molecule has 0 bridgehead atoms. The maximum atomic E-state index is 12.0. The molecule has 0 heterocycles. The van der Waals surface area contributed by atoms with Crippen LogP contribution in [0.3, 0.4) is 0 Å². The molecule has 0 fully saturated rings. The molecule has 1 aromatic carbocycles. The highest BCUT2D eigenvalue weighted by Crippen LogP contribution is 2.21. The van der Waals surface area contributed by atoms with E-state index in [1.165, 1.54) is 12.1 Å². The summed E-state index contributed by atoms with van der Waals surface area (Å²) >= 11 is 0. The number of hydrogen-bond donors (Lipinski definition) is 0. The van der Waals surface area contributed by atoms with Crippen molar-refractivity contribution in [2.75, 3.05) is 12.9 Å². The monoisotopic (exact) mass is 298 g/mol. The molecule has 0 aliphatic carbocycles. The molecule has 0 atom stereocenters. The van der Waals surface area contributed by atoms with Gasteiger partial charge in [-0.2, -0.15) is 21.6 Å². The second kappa shape index (κ2) is 5.79. The van der Waals surface area contributed by atoms with Gasteiger partial charge < -0.3 is 4.74 Å². The van der Waals surface area contributed by atoms with E-state index >= 15 is 0 Å². The zero-order chi connectivity index (χ0) is 14.7. The number of hydrogen-bond acceptors (Lipinski definition) is 4. The first-order valence-corrected chi connectivity index (χ1v) is 7.01. The van der Waals surface area contributed by atoms with Crippen molar-refractivity contribution in [2.24, 2.45) is 0 Å². The minimum absolute atomic E-state index is 0.0180. The molecule has 0 aliphatic rings. The van der Waals surface area contributed by atoms with E-state index in [0.29, 0.717) is 11.1 Å². The normalized spacial score (nSPS) is 12.5. The lowest BCUT2D eigenvalue weighted by atomic mass is 10.1. The minimum Gasteiger partial charge on any atom is -0.484 e. The lowest BCUT2D eigenvalue weighted by Gasteiger charge is -2.11. The van der Waals surface area contributed by atoms with E-state index in [4.69, 9.17) is 0 Å². The standard InChI is InChI=1S/C11H13F3O4S/c1-8-3-9(6-18-19(2,15)16)5-10(4-8)17-7-11(12,13)14/h3-5H,6-7H2,1-2H3. The molecule has 0 aromatic heterocycles. The molecule has 0 spiro atoms. The van der Waals surface area contributed by atoms with E-state index in [1.54, 1.807) is 13.0 Å². The zero-order valence-electron chi connectivity index (χ0n) is 10.3. The summed E-state index contributed by atoms with van der Waals surface area (Å²) in [4.78, 5) is 0. The molecule has 0 saturated carbocycles. The number of benzene rings is 1. The van der Waals surface area contributed by atoms with Crippen molar-refractivity contribution in [3.63, 3.8) is 0 Å². The molecule has 4 nitrogen and oxygen atoms in total. The van der Waals surface area contributed by atoms with Crippen LogP contribution in [0.2, 0.25) is 0 Å².